The second-order valence-electron chi connectivity index (χ2n) is 12.6. The maximum Gasteiger partial charge on any atom is 0.266 e. The van der Waals surface area contributed by atoms with Crippen LogP contribution in [0.4, 0.5) is 39.8 Å². The van der Waals surface area contributed by atoms with Gasteiger partial charge in [0, 0.05) is 5.41 Å². The van der Waals surface area contributed by atoms with Gasteiger partial charge in [0.1, 0.15) is 0 Å². The minimum atomic E-state index is -0.336. The summed E-state index contributed by atoms with van der Waals surface area (Å²) in [6.07, 6.45) is 0. The number of hydrogen-bond acceptors (Lipinski definition) is 5. The zero-order valence-corrected chi connectivity index (χ0v) is 25.8. The molecule has 3 aliphatic rings. The maximum atomic E-state index is 13.9. The Labute approximate surface area is 272 Å². The molecule has 226 valence electrons. The molecule has 0 aromatic heterocycles. The van der Waals surface area contributed by atoms with E-state index in [0.717, 1.165) is 34.1 Å². The van der Waals surface area contributed by atoms with Crippen molar-refractivity contribution in [2.45, 2.75) is 19.3 Å². The van der Waals surface area contributed by atoms with Gasteiger partial charge in [-0.05, 0) is 77.9 Å². The Morgan fingerprint density at radius 3 is 1.30 bits per heavy atom. The SMILES string of the molecule is CC1(C)c2ccccc2N(c2cc(N3C(=O)c4ccccc4C3=O)cc(N3c4ccccc4Oc4ccccc43)c2)c2ccccc21. The van der Waals surface area contributed by atoms with E-state index in [1.165, 1.54) is 16.0 Å². The number of imide groups is 1. The predicted octanol–water partition coefficient (Wildman–Crippen LogP) is 10.2. The molecule has 0 radical (unpaired) electrons. The van der Waals surface area contributed by atoms with E-state index in [1.807, 2.05) is 60.7 Å². The first-order valence-corrected chi connectivity index (χ1v) is 15.7. The molecule has 47 heavy (non-hydrogen) atoms. The van der Waals surface area contributed by atoms with Gasteiger partial charge in [-0.2, -0.15) is 0 Å². The second-order valence-corrected chi connectivity index (χ2v) is 12.6. The van der Waals surface area contributed by atoms with Crippen molar-refractivity contribution >= 4 is 51.6 Å². The molecule has 6 aromatic rings. The summed E-state index contributed by atoms with van der Waals surface area (Å²) in [6.45, 7) is 4.51. The van der Waals surface area contributed by atoms with Gasteiger partial charge in [0.05, 0.1) is 50.9 Å². The van der Waals surface area contributed by atoms with Crippen LogP contribution in [-0.2, 0) is 5.41 Å². The number of para-hydroxylation sites is 6. The molecule has 9 rings (SSSR count). The molecule has 0 atom stereocenters. The molecular weight excluding hydrogens is 582 g/mol. The molecule has 3 aliphatic heterocycles. The first-order chi connectivity index (χ1) is 22.9. The molecule has 0 fully saturated rings. The summed E-state index contributed by atoms with van der Waals surface area (Å²) in [6, 6.07) is 45.8. The summed E-state index contributed by atoms with van der Waals surface area (Å²) < 4.78 is 6.33. The first kappa shape index (κ1) is 27.2. The third-order valence-electron chi connectivity index (χ3n) is 9.52. The number of hydrogen-bond donors (Lipinski definition) is 0. The number of amides is 2. The van der Waals surface area contributed by atoms with Crippen molar-refractivity contribution in [3.05, 3.63) is 162 Å². The van der Waals surface area contributed by atoms with Crippen LogP contribution in [0, 0.1) is 0 Å². The van der Waals surface area contributed by atoms with Crippen LogP contribution >= 0.6 is 0 Å². The summed E-state index contributed by atoms with van der Waals surface area (Å²) in [4.78, 5) is 33.5. The van der Waals surface area contributed by atoms with E-state index in [1.54, 1.807) is 24.3 Å². The fraction of sp³-hybridized carbons (Fsp3) is 0.0732. The highest BCUT2D eigenvalue weighted by molar-refractivity contribution is 6.34. The van der Waals surface area contributed by atoms with Gasteiger partial charge in [-0.25, -0.2) is 4.90 Å². The molecule has 6 nitrogen and oxygen atoms in total. The maximum absolute atomic E-state index is 13.9. The van der Waals surface area contributed by atoms with Crippen LogP contribution in [0.25, 0.3) is 0 Å². The Kier molecular flexibility index (Phi) is 5.74. The Balaban J connectivity index is 1.33. The van der Waals surface area contributed by atoms with Gasteiger partial charge in [0.2, 0.25) is 0 Å². The average Bonchev–Trinajstić information content (AvgIpc) is 3.36. The Hall–Kier alpha value is -6.14. The highest BCUT2D eigenvalue weighted by atomic mass is 16.5. The summed E-state index contributed by atoms with van der Waals surface area (Å²) >= 11 is 0. The average molecular weight is 612 g/mol. The number of carbonyl (C=O) groups excluding carboxylic acids is 2. The number of anilines is 7. The quantitative estimate of drug-likeness (QED) is 0.186. The normalized spacial score (nSPS) is 15.3. The van der Waals surface area contributed by atoms with Gasteiger partial charge < -0.3 is 14.5 Å². The van der Waals surface area contributed by atoms with E-state index < -0.39 is 0 Å². The van der Waals surface area contributed by atoms with Gasteiger partial charge in [0.15, 0.2) is 11.5 Å². The van der Waals surface area contributed by atoms with E-state index in [2.05, 4.69) is 78.2 Å². The van der Waals surface area contributed by atoms with E-state index in [9.17, 15) is 9.59 Å². The summed E-state index contributed by atoms with van der Waals surface area (Å²) in [5, 5.41) is 0. The zero-order chi connectivity index (χ0) is 31.9. The summed E-state index contributed by atoms with van der Waals surface area (Å²) in [5.74, 6) is 0.762. The lowest BCUT2D eigenvalue weighted by atomic mass is 9.73. The van der Waals surface area contributed by atoms with E-state index in [4.69, 9.17) is 4.74 Å². The number of carbonyl (C=O) groups is 2. The van der Waals surface area contributed by atoms with Crippen molar-refractivity contribution in [1.82, 2.24) is 0 Å². The molecule has 0 aliphatic carbocycles. The minimum Gasteiger partial charge on any atom is -0.453 e. The number of nitrogens with zero attached hydrogens (tertiary/aromatic N) is 3. The van der Waals surface area contributed by atoms with Crippen molar-refractivity contribution in [1.29, 1.82) is 0 Å². The van der Waals surface area contributed by atoms with Gasteiger partial charge in [-0.15, -0.1) is 0 Å². The molecule has 6 aromatic carbocycles. The first-order valence-electron chi connectivity index (χ1n) is 15.7. The van der Waals surface area contributed by atoms with Crippen LogP contribution in [0.3, 0.4) is 0 Å². The molecule has 3 heterocycles. The molecule has 0 bridgehead atoms. The van der Waals surface area contributed by atoms with Crippen LogP contribution in [-0.4, -0.2) is 11.8 Å². The lowest BCUT2D eigenvalue weighted by Crippen LogP contribution is -2.32. The molecule has 2 amide bonds. The molecule has 0 saturated heterocycles. The highest BCUT2D eigenvalue weighted by Crippen LogP contribution is 2.55. The van der Waals surface area contributed by atoms with E-state index in [-0.39, 0.29) is 17.2 Å². The van der Waals surface area contributed by atoms with Gasteiger partial charge in [-0.1, -0.05) is 86.6 Å². The standard InChI is InChI=1S/C41H29N3O3/c1-41(2)31-15-5-7-17-33(31)42(34-18-8-6-16-32(34)41)26-23-27(25-28(24-26)44-39(45)29-13-3-4-14-30(29)40(44)46)43-35-19-9-11-21-37(35)47-38-22-12-10-20-36(38)43/h3-25H,1-2H3. The van der Waals surface area contributed by atoms with Crippen molar-refractivity contribution in [3.8, 4) is 11.5 Å². The Morgan fingerprint density at radius 2 is 0.809 bits per heavy atom. The van der Waals surface area contributed by atoms with Crippen LogP contribution < -0.4 is 19.4 Å². The van der Waals surface area contributed by atoms with Crippen molar-refractivity contribution < 1.29 is 14.3 Å². The molecule has 0 N–H and O–H groups in total. The Bertz CT molecular complexity index is 2160. The van der Waals surface area contributed by atoms with Crippen LogP contribution in [0.1, 0.15) is 45.7 Å². The minimum absolute atomic E-state index is 0.241. The van der Waals surface area contributed by atoms with Crippen LogP contribution in [0.5, 0.6) is 11.5 Å². The summed E-state index contributed by atoms with van der Waals surface area (Å²) in [7, 11) is 0. The van der Waals surface area contributed by atoms with Gasteiger partial charge >= 0.3 is 0 Å². The van der Waals surface area contributed by atoms with E-state index >= 15 is 0 Å². The van der Waals surface area contributed by atoms with Crippen LogP contribution in [0.2, 0.25) is 0 Å². The largest absolute Gasteiger partial charge is 0.453 e. The number of fused-ring (bicyclic) bond motifs is 5. The third kappa shape index (κ3) is 3.91. The third-order valence-corrected chi connectivity index (χ3v) is 9.52. The fourth-order valence-electron chi connectivity index (χ4n) is 7.32. The van der Waals surface area contributed by atoms with Crippen molar-refractivity contribution in [2.24, 2.45) is 0 Å². The number of benzene rings is 6. The molecule has 6 heteroatoms. The molecule has 0 spiro atoms. The van der Waals surface area contributed by atoms with Crippen LogP contribution in [0.15, 0.2) is 140 Å². The second kappa shape index (κ2) is 9.93. The predicted molar refractivity (Wildman–Crippen MR) is 186 cm³/mol. The van der Waals surface area contributed by atoms with E-state index in [0.29, 0.717) is 28.3 Å². The van der Waals surface area contributed by atoms with Crippen molar-refractivity contribution in [3.63, 3.8) is 0 Å². The lowest BCUT2D eigenvalue weighted by molar-refractivity contribution is 0.0926. The monoisotopic (exact) mass is 611 g/mol. The van der Waals surface area contributed by atoms with Crippen molar-refractivity contribution in [2.75, 3.05) is 14.7 Å². The summed E-state index contributed by atoms with van der Waals surface area (Å²) in [5.41, 5.74) is 8.86. The topological polar surface area (TPSA) is 53.1 Å². The lowest BCUT2D eigenvalue weighted by Gasteiger charge is -2.42. The van der Waals surface area contributed by atoms with Gasteiger partial charge in [-0.3, -0.25) is 9.59 Å². The number of ether oxygens (including phenoxy) is 1. The zero-order valence-electron chi connectivity index (χ0n) is 25.8. The van der Waals surface area contributed by atoms with Gasteiger partial charge in [0.25, 0.3) is 11.8 Å². The Morgan fingerprint density at radius 1 is 0.447 bits per heavy atom. The highest BCUT2D eigenvalue weighted by Gasteiger charge is 2.40. The smallest absolute Gasteiger partial charge is 0.266 e. The fourth-order valence-corrected chi connectivity index (χ4v) is 7.32. The molecular formula is C41H29N3O3. The molecule has 0 unspecified atom stereocenters. The number of rotatable bonds is 3. The molecule has 0 saturated carbocycles.